The number of carbonyl (C=O) groups excluding carboxylic acids is 1. The Hall–Kier alpha value is -1.97. The molecule has 1 fully saturated rings. The highest BCUT2D eigenvalue weighted by Crippen LogP contribution is 2.23. The van der Waals surface area contributed by atoms with Crippen molar-refractivity contribution in [1.82, 2.24) is 0 Å². The van der Waals surface area contributed by atoms with Crippen molar-refractivity contribution >= 4 is 23.2 Å². The maximum absolute atomic E-state index is 11.4. The van der Waals surface area contributed by atoms with E-state index < -0.39 is 5.97 Å². The topological polar surface area (TPSA) is 66.7 Å². The van der Waals surface area contributed by atoms with E-state index in [1.807, 2.05) is 6.92 Å². The van der Waals surface area contributed by atoms with Crippen molar-refractivity contribution in [3.8, 4) is 0 Å². The Morgan fingerprint density at radius 2 is 1.94 bits per heavy atom. The number of benzene rings is 1. The number of nitrogens with zero attached hydrogens (tertiary/aromatic N) is 1. The summed E-state index contributed by atoms with van der Waals surface area (Å²) in [4.78, 5) is 26.4. The standard InChI is InChI=1S/C13H13NO3/c1-8-11(6-7-12(8)15)14-10-4-2-9(3-5-10)13(16)17/h2-5,8H,6-7H2,1H3,(H,16,17). The molecule has 4 heteroatoms. The first-order valence-corrected chi connectivity index (χ1v) is 5.51. The summed E-state index contributed by atoms with van der Waals surface area (Å²) in [6.45, 7) is 1.86. The summed E-state index contributed by atoms with van der Waals surface area (Å²) in [6, 6.07) is 6.35. The second-order valence-electron chi connectivity index (χ2n) is 4.14. The lowest BCUT2D eigenvalue weighted by Crippen LogP contribution is -2.08. The SMILES string of the molecule is CC1C(=O)CCC1=Nc1ccc(C(=O)O)cc1. The highest BCUT2D eigenvalue weighted by molar-refractivity contribution is 6.11. The third-order valence-corrected chi connectivity index (χ3v) is 3.00. The summed E-state index contributed by atoms with van der Waals surface area (Å²) < 4.78 is 0. The normalized spacial score (nSPS) is 22.1. The summed E-state index contributed by atoms with van der Waals surface area (Å²) in [5, 5.41) is 8.76. The van der Waals surface area contributed by atoms with Crippen LogP contribution in [-0.4, -0.2) is 22.6 Å². The van der Waals surface area contributed by atoms with Crippen LogP contribution in [-0.2, 0) is 4.79 Å². The Labute approximate surface area is 99.0 Å². The molecule has 0 amide bonds. The summed E-state index contributed by atoms with van der Waals surface area (Å²) in [7, 11) is 0. The van der Waals surface area contributed by atoms with E-state index in [0.717, 1.165) is 5.71 Å². The Morgan fingerprint density at radius 3 is 2.41 bits per heavy atom. The number of aromatic carboxylic acids is 1. The summed E-state index contributed by atoms with van der Waals surface area (Å²) in [5.41, 5.74) is 1.83. The molecule has 1 aromatic carbocycles. The largest absolute Gasteiger partial charge is 0.478 e. The number of rotatable bonds is 2. The van der Waals surface area contributed by atoms with Gasteiger partial charge in [-0.25, -0.2) is 4.79 Å². The van der Waals surface area contributed by atoms with Crippen LogP contribution in [0.25, 0.3) is 0 Å². The van der Waals surface area contributed by atoms with Gasteiger partial charge in [-0.3, -0.25) is 9.79 Å². The molecule has 1 aliphatic rings. The average molecular weight is 231 g/mol. The molecule has 88 valence electrons. The van der Waals surface area contributed by atoms with Crippen molar-refractivity contribution in [1.29, 1.82) is 0 Å². The van der Waals surface area contributed by atoms with Gasteiger partial charge in [-0.2, -0.15) is 0 Å². The lowest BCUT2D eigenvalue weighted by atomic mass is 10.1. The lowest BCUT2D eigenvalue weighted by molar-refractivity contribution is -0.119. The van der Waals surface area contributed by atoms with Crippen LogP contribution in [0.4, 0.5) is 5.69 Å². The van der Waals surface area contributed by atoms with Gasteiger partial charge in [0, 0.05) is 12.1 Å². The van der Waals surface area contributed by atoms with Gasteiger partial charge in [0.05, 0.1) is 17.2 Å². The van der Waals surface area contributed by atoms with E-state index in [-0.39, 0.29) is 17.3 Å². The molecule has 1 atom stereocenters. The van der Waals surface area contributed by atoms with E-state index in [2.05, 4.69) is 4.99 Å². The number of carbonyl (C=O) groups is 2. The molecule has 0 radical (unpaired) electrons. The van der Waals surface area contributed by atoms with Crippen LogP contribution in [0.1, 0.15) is 30.1 Å². The van der Waals surface area contributed by atoms with Gasteiger partial charge in [-0.05, 0) is 30.7 Å². The van der Waals surface area contributed by atoms with Gasteiger partial charge in [0.25, 0.3) is 0 Å². The zero-order valence-corrected chi connectivity index (χ0v) is 9.51. The molecule has 1 aliphatic carbocycles. The van der Waals surface area contributed by atoms with Crippen molar-refractivity contribution in [3.63, 3.8) is 0 Å². The predicted octanol–water partition coefficient (Wildman–Crippen LogP) is 2.46. The first-order chi connectivity index (χ1) is 8.08. The average Bonchev–Trinajstić information content (AvgIpc) is 2.62. The molecule has 1 saturated carbocycles. The maximum atomic E-state index is 11.4. The Kier molecular flexibility index (Phi) is 3.04. The van der Waals surface area contributed by atoms with Gasteiger partial charge < -0.3 is 5.11 Å². The Bertz CT molecular complexity index is 488. The van der Waals surface area contributed by atoms with E-state index in [1.165, 1.54) is 12.1 Å². The number of ketones is 1. The van der Waals surface area contributed by atoms with Crippen LogP contribution in [0, 0.1) is 5.92 Å². The second kappa shape index (κ2) is 4.49. The molecule has 4 nitrogen and oxygen atoms in total. The van der Waals surface area contributed by atoms with Gasteiger partial charge in [0.15, 0.2) is 0 Å². The minimum Gasteiger partial charge on any atom is -0.478 e. The number of Topliss-reactive ketones (excluding diaryl/α,β-unsaturated/α-hetero) is 1. The molecule has 1 unspecified atom stereocenters. The fraction of sp³-hybridized carbons (Fsp3) is 0.308. The molecular formula is C13H13NO3. The van der Waals surface area contributed by atoms with Gasteiger partial charge in [0.1, 0.15) is 5.78 Å². The third kappa shape index (κ3) is 2.41. The smallest absolute Gasteiger partial charge is 0.335 e. The number of hydrogen-bond acceptors (Lipinski definition) is 3. The first kappa shape index (κ1) is 11.5. The quantitative estimate of drug-likeness (QED) is 0.850. The molecule has 0 aliphatic heterocycles. The van der Waals surface area contributed by atoms with Crippen LogP contribution >= 0.6 is 0 Å². The van der Waals surface area contributed by atoms with E-state index in [4.69, 9.17) is 5.11 Å². The fourth-order valence-corrected chi connectivity index (χ4v) is 1.87. The van der Waals surface area contributed by atoms with Gasteiger partial charge in [-0.1, -0.05) is 6.92 Å². The summed E-state index contributed by atoms with van der Waals surface area (Å²) >= 11 is 0. The first-order valence-electron chi connectivity index (χ1n) is 5.51. The molecule has 2 rings (SSSR count). The number of carboxylic acids is 1. The van der Waals surface area contributed by atoms with Crippen molar-refractivity contribution in [2.24, 2.45) is 10.9 Å². The van der Waals surface area contributed by atoms with E-state index in [0.29, 0.717) is 18.5 Å². The summed E-state index contributed by atoms with van der Waals surface area (Å²) in [5.74, 6) is -0.825. The minimum absolute atomic E-state index is 0.103. The molecule has 0 bridgehead atoms. The molecular weight excluding hydrogens is 218 g/mol. The van der Waals surface area contributed by atoms with Crippen molar-refractivity contribution < 1.29 is 14.7 Å². The minimum atomic E-state index is -0.950. The number of aliphatic imine (C=N–C) groups is 1. The molecule has 17 heavy (non-hydrogen) atoms. The van der Waals surface area contributed by atoms with Crippen LogP contribution in [0.3, 0.4) is 0 Å². The second-order valence-corrected chi connectivity index (χ2v) is 4.14. The zero-order chi connectivity index (χ0) is 12.4. The van der Waals surface area contributed by atoms with Gasteiger partial charge in [0.2, 0.25) is 0 Å². The van der Waals surface area contributed by atoms with E-state index in [9.17, 15) is 9.59 Å². The third-order valence-electron chi connectivity index (χ3n) is 3.00. The zero-order valence-electron chi connectivity index (χ0n) is 9.51. The maximum Gasteiger partial charge on any atom is 0.335 e. The van der Waals surface area contributed by atoms with Gasteiger partial charge in [-0.15, -0.1) is 0 Å². The lowest BCUT2D eigenvalue weighted by Gasteiger charge is -2.02. The molecule has 1 aromatic rings. The fourth-order valence-electron chi connectivity index (χ4n) is 1.87. The van der Waals surface area contributed by atoms with Crippen molar-refractivity contribution in [2.75, 3.05) is 0 Å². The van der Waals surface area contributed by atoms with Gasteiger partial charge >= 0.3 is 5.97 Å². The van der Waals surface area contributed by atoms with Crippen molar-refractivity contribution in [2.45, 2.75) is 19.8 Å². The van der Waals surface area contributed by atoms with Crippen LogP contribution < -0.4 is 0 Å². The van der Waals surface area contributed by atoms with Crippen LogP contribution in [0.5, 0.6) is 0 Å². The van der Waals surface area contributed by atoms with E-state index in [1.54, 1.807) is 12.1 Å². The monoisotopic (exact) mass is 231 g/mol. The molecule has 1 N–H and O–H groups in total. The number of hydrogen-bond donors (Lipinski definition) is 1. The molecule has 0 aromatic heterocycles. The molecule has 0 heterocycles. The Morgan fingerprint density at radius 1 is 1.29 bits per heavy atom. The van der Waals surface area contributed by atoms with Crippen molar-refractivity contribution in [3.05, 3.63) is 29.8 Å². The molecule has 0 spiro atoms. The highest BCUT2D eigenvalue weighted by atomic mass is 16.4. The highest BCUT2D eigenvalue weighted by Gasteiger charge is 2.26. The number of carboxylic acid groups (broad SMARTS) is 1. The summed E-state index contributed by atoms with van der Waals surface area (Å²) in [6.07, 6.45) is 1.27. The Balaban J connectivity index is 2.22. The van der Waals surface area contributed by atoms with Crippen LogP contribution in [0.15, 0.2) is 29.3 Å². The predicted molar refractivity (Wildman–Crippen MR) is 63.9 cm³/mol. The molecule has 0 saturated heterocycles. The van der Waals surface area contributed by atoms with Crippen LogP contribution in [0.2, 0.25) is 0 Å². The van der Waals surface area contributed by atoms with E-state index >= 15 is 0 Å².